The standard InChI is InChI=1S/C20H24ClN3O/c1-15-11-17(14-18(12-15)24-9-7-23(2)8-10-24)22-20(25)13-16-5-3-4-6-19(16)21/h3-6,11-12,14H,7-10,13H2,1-2H3,(H,22,25). The average Bonchev–Trinajstić information content (AvgIpc) is 2.57. The van der Waals surface area contributed by atoms with E-state index in [-0.39, 0.29) is 12.3 Å². The summed E-state index contributed by atoms with van der Waals surface area (Å²) in [6.07, 6.45) is 0.275. The summed E-state index contributed by atoms with van der Waals surface area (Å²) in [5.74, 6) is -0.0528. The molecule has 25 heavy (non-hydrogen) atoms. The maximum Gasteiger partial charge on any atom is 0.228 e. The fraction of sp³-hybridized carbons (Fsp3) is 0.350. The van der Waals surface area contributed by atoms with Gasteiger partial charge in [-0.3, -0.25) is 4.79 Å². The Hall–Kier alpha value is -2.04. The molecule has 2 aromatic carbocycles. The lowest BCUT2D eigenvalue weighted by Crippen LogP contribution is -2.44. The second-order valence-electron chi connectivity index (χ2n) is 6.66. The number of carbonyl (C=O) groups excluding carboxylic acids is 1. The van der Waals surface area contributed by atoms with Gasteiger partial charge in [0.1, 0.15) is 0 Å². The van der Waals surface area contributed by atoms with Gasteiger partial charge >= 0.3 is 0 Å². The van der Waals surface area contributed by atoms with Crippen LogP contribution in [0.2, 0.25) is 5.02 Å². The molecule has 1 aliphatic rings. The highest BCUT2D eigenvalue weighted by Gasteiger charge is 2.15. The van der Waals surface area contributed by atoms with Crippen molar-refractivity contribution in [2.45, 2.75) is 13.3 Å². The first-order valence-corrected chi connectivity index (χ1v) is 8.97. The van der Waals surface area contributed by atoms with E-state index in [9.17, 15) is 4.79 Å². The van der Waals surface area contributed by atoms with Crippen LogP contribution < -0.4 is 10.2 Å². The first-order chi connectivity index (χ1) is 12.0. The van der Waals surface area contributed by atoms with Crippen molar-refractivity contribution in [3.8, 4) is 0 Å². The molecule has 1 fully saturated rings. The molecule has 4 nitrogen and oxygen atoms in total. The number of aryl methyl sites for hydroxylation is 1. The van der Waals surface area contributed by atoms with Crippen LogP contribution in [0.3, 0.4) is 0 Å². The highest BCUT2D eigenvalue weighted by atomic mass is 35.5. The molecule has 0 aliphatic carbocycles. The summed E-state index contributed by atoms with van der Waals surface area (Å²) in [7, 11) is 2.15. The molecule has 132 valence electrons. The van der Waals surface area contributed by atoms with Crippen molar-refractivity contribution in [1.82, 2.24) is 4.90 Å². The van der Waals surface area contributed by atoms with E-state index in [1.54, 1.807) is 0 Å². The summed E-state index contributed by atoms with van der Waals surface area (Å²) in [6.45, 7) is 6.19. The molecule has 2 aromatic rings. The number of piperazine rings is 1. The van der Waals surface area contributed by atoms with Gasteiger partial charge in [0, 0.05) is 42.6 Å². The van der Waals surface area contributed by atoms with Crippen LogP contribution >= 0.6 is 11.6 Å². The average molecular weight is 358 g/mol. The summed E-state index contributed by atoms with van der Waals surface area (Å²) in [5.41, 5.74) is 3.99. The maximum atomic E-state index is 12.4. The van der Waals surface area contributed by atoms with Crippen molar-refractivity contribution in [1.29, 1.82) is 0 Å². The minimum atomic E-state index is -0.0528. The second-order valence-corrected chi connectivity index (χ2v) is 7.07. The van der Waals surface area contributed by atoms with Crippen LogP contribution in [0.4, 0.5) is 11.4 Å². The quantitative estimate of drug-likeness (QED) is 0.908. The Kier molecular flexibility index (Phi) is 5.61. The highest BCUT2D eigenvalue weighted by molar-refractivity contribution is 6.31. The van der Waals surface area contributed by atoms with Crippen molar-refractivity contribution in [3.05, 3.63) is 58.6 Å². The largest absolute Gasteiger partial charge is 0.369 e. The minimum Gasteiger partial charge on any atom is -0.369 e. The van der Waals surface area contributed by atoms with Gasteiger partial charge in [-0.05, 0) is 49.4 Å². The summed E-state index contributed by atoms with van der Waals surface area (Å²) in [6, 6.07) is 13.7. The molecule has 0 atom stereocenters. The molecule has 1 amide bonds. The van der Waals surface area contributed by atoms with E-state index in [1.165, 1.54) is 5.69 Å². The van der Waals surface area contributed by atoms with Gasteiger partial charge in [0.2, 0.25) is 5.91 Å². The Bertz CT molecular complexity index is 754. The van der Waals surface area contributed by atoms with Crippen LogP contribution in [0.25, 0.3) is 0 Å². The molecule has 5 heteroatoms. The Balaban J connectivity index is 1.70. The molecule has 0 bridgehead atoms. The summed E-state index contributed by atoms with van der Waals surface area (Å²) in [4.78, 5) is 17.1. The van der Waals surface area contributed by atoms with Gasteiger partial charge in [-0.2, -0.15) is 0 Å². The lowest BCUT2D eigenvalue weighted by atomic mass is 10.1. The number of anilines is 2. The Morgan fingerprint density at radius 1 is 1.12 bits per heavy atom. The van der Waals surface area contributed by atoms with Gasteiger partial charge < -0.3 is 15.1 Å². The van der Waals surface area contributed by atoms with Crippen molar-refractivity contribution in [2.75, 3.05) is 43.4 Å². The molecular weight excluding hydrogens is 334 g/mol. The first kappa shape index (κ1) is 17.8. The number of rotatable bonds is 4. The summed E-state index contributed by atoms with van der Waals surface area (Å²) in [5, 5.41) is 3.64. The van der Waals surface area contributed by atoms with Crippen LogP contribution in [0, 0.1) is 6.92 Å². The number of likely N-dealkylation sites (N-methyl/N-ethyl adjacent to an activating group) is 1. The van der Waals surface area contributed by atoms with Crippen molar-refractivity contribution < 1.29 is 4.79 Å². The van der Waals surface area contributed by atoms with Gasteiger partial charge in [0.05, 0.1) is 6.42 Å². The number of halogens is 1. The molecule has 0 saturated carbocycles. The number of amides is 1. The number of nitrogens with zero attached hydrogens (tertiary/aromatic N) is 2. The SMILES string of the molecule is Cc1cc(NC(=O)Cc2ccccc2Cl)cc(N2CCN(C)CC2)c1. The minimum absolute atomic E-state index is 0.0528. The van der Waals surface area contributed by atoms with E-state index in [0.29, 0.717) is 5.02 Å². The lowest BCUT2D eigenvalue weighted by Gasteiger charge is -2.34. The summed E-state index contributed by atoms with van der Waals surface area (Å²) < 4.78 is 0. The van der Waals surface area contributed by atoms with Crippen molar-refractivity contribution in [3.63, 3.8) is 0 Å². The van der Waals surface area contributed by atoms with E-state index < -0.39 is 0 Å². The third kappa shape index (κ3) is 4.74. The maximum absolute atomic E-state index is 12.4. The van der Waals surface area contributed by atoms with E-state index in [2.05, 4.69) is 41.2 Å². The lowest BCUT2D eigenvalue weighted by molar-refractivity contribution is -0.115. The van der Waals surface area contributed by atoms with Gasteiger partial charge in [0.25, 0.3) is 0 Å². The Morgan fingerprint density at radius 2 is 1.84 bits per heavy atom. The van der Waals surface area contributed by atoms with Gasteiger partial charge in [-0.1, -0.05) is 29.8 Å². The van der Waals surface area contributed by atoms with E-state index in [1.807, 2.05) is 30.3 Å². The van der Waals surface area contributed by atoms with Crippen LogP contribution in [-0.2, 0) is 11.2 Å². The van der Waals surface area contributed by atoms with Gasteiger partial charge in [-0.15, -0.1) is 0 Å². The molecule has 1 heterocycles. The highest BCUT2D eigenvalue weighted by Crippen LogP contribution is 2.24. The van der Waals surface area contributed by atoms with Gasteiger partial charge in [-0.25, -0.2) is 0 Å². The molecule has 1 N–H and O–H groups in total. The zero-order valence-corrected chi connectivity index (χ0v) is 15.5. The second kappa shape index (κ2) is 7.89. The smallest absolute Gasteiger partial charge is 0.228 e. The Labute approximate surface area is 154 Å². The van der Waals surface area contributed by atoms with Gasteiger partial charge in [0.15, 0.2) is 0 Å². The zero-order valence-electron chi connectivity index (χ0n) is 14.8. The number of carbonyl (C=O) groups is 1. The molecule has 1 saturated heterocycles. The third-order valence-electron chi connectivity index (χ3n) is 4.52. The van der Waals surface area contributed by atoms with E-state index >= 15 is 0 Å². The fourth-order valence-corrected chi connectivity index (χ4v) is 3.30. The van der Waals surface area contributed by atoms with Crippen LogP contribution in [0.15, 0.2) is 42.5 Å². The van der Waals surface area contributed by atoms with Crippen molar-refractivity contribution in [2.24, 2.45) is 0 Å². The zero-order chi connectivity index (χ0) is 17.8. The molecular formula is C20H24ClN3O. The van der Waals surface area contributed by atoms with Crippen molar-refractivity contribution >= 4 is 28.9 Å². The van der Waals surface area contributed by atoms with Crippen LogP contribution in [-0.4, -0.2) is 44.0 Å². The number of hydrogen-bond donors (Lipinski definition) is 1. The summed E-state index contributed by atoms with van der Waals surface area (Å²) >= 11 is 6.14. The molecule has 1 aliphatic heterocycles. The molecule has 0 spiro atoms. The number of hydrogen-bond acceptors (Lipinski definition) is 3. The first-order valence-electron chi connectivity index (χ1n) is 8.60. The molecule has 3 rings (SSSR count). The predicted octanol–water partition coefficient (Wildman–Crippen LogP) is 3.58. The number of benzene rings is 2. The fourth-order valence-electron chi connectivity index (χ4n) is 3.10. The van der Waals surface area contributed by atoms with E-state index in [0.717, 1.165) is 43.0 Å². The molecule has 0 unspecified atom stereocenters. The normalized spacial score (nSPS) is 15.2. The van der Waals surface area contributed by atoms with E-state index in [4.69, 9.17) is 11.6 Å². The number of nitrogens with one attached hydrogen (secondary N) is 1. The monoisotopic (exact) mass is 357 g/mol. The molecule has 0 radical (unpaired) electrons. The van der Waals surface area contributed by atoms with Crippen LogP contribution in [0.1, 0.15) is 11.1 Å². The predicted molar refractivity (Wildman–Crippen MR) is 105 cm³/mol. The van der Waals surface area contributed by atoms with Crippen LogP contribution in [0.5, 0.6) is 0 Å². The third-order valence-corrected chi connectivity index (χ3v) is 4.89. The Morgan fingerprint density at radius 3 is 2.56 bits per heavy atom. The molecule has 0 aromatic heterocycles. The topological polar surface area (TPSA) is 35.6 Å².